The van der Waals surface area contributed by atoms with Gasteiger partial charge in [-0.1, -0.05) is 64.7 Å². The highest BCUT2D eigenvalue weighted by atomic mass is 35.5. The van der Waals surface area contributed by atoms with E-state index in [1.807, 2.05) is 24.3 Å². The summed E-state index contributed by atoms with van der Waals surface area (Å²) in [6.07, 6.45) is 0. The minimum atomic E-state index is -0.268. The fraction of sp³-hybridized carbons (Fsp3) is 0.250. The number of hydrogen-bond donors (Lipinski definition) is 0. The van der Waals surface area contributed by atoms with Crippen LogP contribution in [-0.2, 0) is 15.3 Å². The van der Waals surface area contributed by atoms with Gasteiger partial charge in [0.15, 0.2) is 8.68 Å². The highest BCUT2D eigenvalue weighted by Crippen LogP contribution is 2.32. The molecule has 1 heterocycles. The normalized spacial score (nSPS) is 10.5. The lowest BCUT2D eigenvalue weighted by atomic mass is 10.2. The number of ether oxygens (including phenoxy) is 1. The molecule has 0 amide bonds. The van der Waals surface area contributed by atoms with Gasteiger partial charge in [-0.25, -0.2) is 0 Å². The fourth-order valence-corrected chi connectivity index (χ4v) is 4.39. The molecule has 0 saturated heterocycles. The lowest BCUT2D eigenvalue weighted by Crippen LogP contribution is -2.02. The highest BCUT2D eigenvalue weighted by molar-refractivity contribution is 8.03. The van der Waals surface area contributed by atoms with Crippen LogP contribution >= 0.6 is 46.5 Å². The minimum Gasteiger partial charge on any atom is -0.468 e. The molecule has 2 rings (SSSR count). The maximum absolute atomic E-state index is 11.0. The van der Waals surface area contributed by atoms with Gasteiger partial charge in [-0.3, -0.25) is 4.79 Å². The fourth-order valence-electron chi connectivity index (χ4n) is 1.25. The molecule has 0 unspecified atom stereocenters. The van der Waals surface area contributed by atoms with Crippen LogP contribution in [0.2, 0.25) is 5.02 Å². The molecule has 8 heteroatoms. The first-order valence-corrected chi connectivity index (χ1v) is 8.75. The number of carbonyl (C=O) groups excluding carboxylic acids is 1. The lowest BCUT2D eigenvalue weighted by Gasteiger charge is -2.00. The van der Waals surface area contributed by atoms with Crippen LogP contribution in [0.1, 0.15) is 5.56 Å². The van der Waals surface area contributed by atoms with Crippen LogP contribution < -0.4 is 0 Å². The summed E-state index contributed by atoms with van der Waals surface area (Å²) in [4.78, 5) is 11.0. The predicted octanol–water partition coefficient (Wildman–Crippen LogP) is 3.75. The Kier molecular flexibility index (Phi) is 6.15. The van der Waals surface area contributed by atoms with Crippen molar-refractivity contribution in [1.82, 2.24) is 10.2 Å². The second-order valence-corrected chi connectivity index (χ2v) is 7.41. The molecule has 4 nitrogen and oxygen atoms in total. The molecule has 0 aliphatic rings. The van der Waals surface area contributed by atoms with E-state index in [2.05, 4.69) is 14.9 Å². The van der Waals surface area contributed by atoms with E-state index in [4.69, 9.17) is 11.6 Å². The Bertz CT molecular complexity index is 592. The number of benzene rings is 1. The van der Waals surface area contributed by atoms with E-state index in [9.17, 15) is 4.79 Å². The van der Waals surface area contributed by atoms with Crippen LogP contribution in [0, 0.1) is 0 Å². The first-order chi connectivity index (χ1) is 9.69. The Morgan fingerprint density at radius 1 is 1.30 bits per heavy atom. The summed E-state index contributed by atoms with van der Waals surface area (Å²) in [6.45, 7) is 0. The zero-order valence-electron chi connectivity index (χ0n) is 10.5. The largest absolute Gasteiger partial charge is 0.468 e. The number of esters is 1. The van der Waals surface area contributed by atoms with E-state index < -0.39 is 0 Å². The van der Waals surface area contributed by atoms with E-state index in [0.29, 0.717) is 0 Å². The maximum Gasteiger partial charge on any atom is 0.316 e. The van der Waals surface area contributed by atoms with Gasteiger partial charge in [0, 0.05) is 10.8 Å². The van der Waals surface area contributed by atoms with Crippen molar-refractivity contribution in [3.8, 4) is 0 Å². The van der Waals surface area contributed by atoms with Gasteiger partial charge in [-0.05, 0) is 11.6 Å². The molecule has 1 aromatic carbocycles. The van der Waals surface area contributed by atoms with Gasteiger partial charge in [0.05, 0.1) is 12.9 Å². The number of hydrogen-bond acceptors (Lipinski definition) is 7. The second kappa shape index (κ2) is 7.87. The smallest absolute Gasteiger partial charge is 0.316 e. The van der Waals surface area contributed by atoms with E-state index in [0.717, 1.165) is 25.0 Å². The van der Waals surface area contributed by atoms with Crippen LogP contribution in [0.5, 0.6) is 0 Å². The Labute approximate surface area is 134 Å². The molecule has 0 atom stereocenters. The van der Waals surface area contributed by atoms with E-state index in [1.54, 1.807) is 11.8 Å². The average Bonchev–Trinajstić information content (AvgIpc) is 2.92. The summed E-state index contributed by atoms with van der Waals surface area (Å²) < 4.78 is 6.19. The van der Waals surface area contributed by atoms with Gasteiger partial charge in [-0.15, -0.1) is 10.2 Å². The van der Waals surface area contributed by atoms with Gasteiger partial charge < -0.3 is 4.74 Å². The molecule has 0 radical (unpaired) electrons. The van der Waals surface area contributed by atoms with Crippen molar-refractivity contribution in [3.05, 3.63) is 34.9 Å². The van der Waals surface area contributed by atoms with Gasteiger partial charge >= 0.3 is 5.97 Å². The number of thioether (sulfide) groups is 2. The first-order valence-electron chi connectivity index (χ1n) is 5.58. The topological polar surface area (TPSA) is 52.1 Å². The van der Waals surface area contributed by atoms with Crippen LogP contribution in [-0.4, -0.2) is 29.0 Å². The molecule has 0 spiro atoms. The van der Waals surface area contributed by atoms with Crippen LogP contribution in [0.3, 0.4) is 0 Å². The van der Waals surface area contributed by atoms with Crippen molar-refractivity contribution in [2.45, 2.75) is 14.4 Å². The van der Waals surface area contributed by atoms with Crippen molar-refractivity contribution in [1.29, 1.82) is 0 Å². The summed E-state index contributed by atoms with van der Waals surface area (Å²) in [5, 5.41) is 8.86. The van der Waals surface area contributed by atoms with Gasteiger partial charge in [-0.2, -0.15) is 0 Å². The third kappa shape index (κ3) is 4.66. The van der Waals surface area contributed by atoms with E-state index in [1.165, 1.54) is 30.2 Å². The molecule has 106 valence electrons. The molecule has 0 aliphatic carbocycles. The van der Waals surface area contributed by atoms with E-state index in [-0.39, 0.29) is 11.7 Å². The first kappa shape index (κ1) is 15.6. The van der Waals surface area contributed by atoms with E-state index >= 15 is 0 Å². The summed E-state index contributed by atoms with van der Waals surface area (Å²) in [5.74, 6) is 0.728. The standard InChI is InChI=1S/C12H11ClN2O2S3/c1-17-10(16)7-19-12-15-14-11(20-12)18-6-8-4-2-3-5-9(8)13/h2-5H,6-7H2,1H3. The van der Waals surface area contributed by atoms with Crippen LogP contribution in [0.25, 0.3) is 0 Å². The number of rotatable bonds is 6. The molecular formula is C12H11ClN2O2S3. The van der Waals surface area contributed by atoms with Gasteiger partial charge in [0.25, 0.3) is 0 Å². The molecular weight excluding hydrogens is 336 g/mol. The molecule has 2 aromatic rings. The highest BCUT2D eigenvalue weighted by Gasteiger charge is 2.09. The molecule has 1 aromatic heterocycles. The quantitative estimate of drug-likeness (QED) is 0.586. The molecule has 0 saturated carbocycles. The van der Waals surface area contributed by atoms with Gasteiger partial charge in [0.2, 0.25) is 0 Å². The van der Waals surface area contributed by atoms with Crippen LogP contribution in [0.15, 0.2) is 32.9 Å². The average molecular weight is 347 g/mol. The molecule has 0 bridgehead atoms. The number of aromatic nitrogens is 2. The number of methoxy groups -OCH3 is 1. The molecule has 0 N–H and O–H groups in total. The SMILES string of the molecule is COC(=O)CSc1nnc(SCc2ccccc2Cl)s1. The summed E-state index contributed by atoms with van der Waals surface area (Å²) in [5.41, 5.74) is 1.07. The minimum absolute atomic E-state index is 0.250. The summed E-state index contributed by atoms with van der Waals surface area (Å²) in [6, 6.07) is 7.72. The van der Waals surface area contributed by atoms with Crippen molar-refractivity contribution >= 4 is 52.4 Å². The number of halogens is 1. The molecule has 20 heavy (non-hydrogen) atoms. The predicted molar refractivity (Wildman–Crippen MR) is 83.7 cm³/mol. The Balaban J connectivity index is 1.87. The summed E-state index contributed by atoms with van der Waals surface area (Å²) >= 11 is 10.5. The van der Waals surface area contributed by atoms with Gasteiger partial charge in [0.1, 0.15) is 0 Å². The number of carbonyl (C=O) groups is 1. The zero-order valence-corrected chi connectivity index (χ0v) is 13.7. The Hall–Kier alpha value is -0.760. The third-order valence-electron chi connectivity index (χ3n) is 2.24. The third-order valence-corrected chi connectivity index (χ3v) is 5.82. The lowest BCUT2D eigenvalue weighted by molar-refractivity contribution is -0.137. The van der Waals surface area contributed by atoms with Crippen LogP contribution in [0.4, 0.5) is 0 Å². The van der Waals surface area contributed by atoms with Crippen molar-refractivity contribution in [2.75, 3.05) is 12.9 Å². The van der Waals surface area contributed by atoms with Crippen molar-refractivity contribution < 1.29 is 9.53 Å². The zero-order chi connectivity index (χ0) is 14.4. The number of nitrogens with zero attached hydrogens (tertiary/aromatic N) is 2. The second-order valence-electron chi connectivity index (χ2n) is 3.58. The monoisotopic (exact) mass is 346 g/mol. The maximum atomic E-state index is 11.0. The molecule has 0 fully saturated rings. The van der Waals surface area contributed by atoms with Crippen molar-refractivity contribution in [3.63, 3.8) is 0 Å². The van der Waals surface area contributed by atoms with Crippen molar-refractivity contribution in [2.24, 2.45) is 0 Å². The summed E-state index contributed by atoms with van der Waals surface area (Å²) in [7, 11) is 1.37. The Morgan fingerprint density at radius 2 is 2.00 bits per heavy atom. The Morgan fingerprint density at radius 3 is 2.70 bits per heavy atom. The molecule has 0 aliphatic heterocycles.